The average Bonchev–Trinajstić information content (AvgIpc) is 3.18. The van der Waals surface area contributed by atoms with E-state index in [4.69, 9.17) is 0 Å². The molecule has 1 aliphatic heterocycles. The maximum Gasteiger partial charge on any atom is 0.270 e. The van der Waals surface area contributed by atoms with Crippen molar-refractivity contribution in [3.8, 4) is 0 Å². The van der Waals surface area contributed by atoms with E-state index in [0.717, 1.165) is 18.8 Å². The molecule has 0 bridgehead atoms. The summed E-state index contributed by atoms with van der Waals surface area (Å²) in [6.45, 7) is 6.18. The van der Waals surface area contributed by atoms with Crippen LogP contribution in [0.2, 0.25) is 0 Å². The molecule has 3 nitrogen and oxygen atoms in total. The second-order valence-corrected chi connectivity index (χ2v) is 7.67. The van der Waals surface area contributed by atoms with E-state index in [1.54, 1.807) is 0 Å². The number of carbonyl (C=O) groups is 1. The lowest BCUT2D eigenvalue weighted by Gasteiger charge is -2.25. The third-order valence-electron chi connectivity index (χ3n) is 5.37. The second-order valence-electron chi connectivity index (χ2n) is 7.67. The highest BCUT2D eigenvalue weighted by Crippen LogP contribution is 2.43. The molecule has 0 N–H and O–H groups in total. The van der Waals surface area contributed by atoms with Crippen LogP contribution in [0.15, 0.2) is 48.7 Å². The molecule has 1 aliphatic carbocycles. The van der Waals surface area contributed by atoms with Crippen molar-refractivity contribution < 1.29 is 4.79 Å². The van der Waals surface area contributed by atoms with Gasteiger partial charge in [-0.25, -0.2) is 0 Å². The Morgan fingerprint density at radius 2 is 1.83 bits per heavy atom. The first-order chi connectivity index (χ1) is 11.1. The zero-order chi connectivity index (χ0) is 16.0. The van der Waals surface area contributed by atoms with Crippen LogP contribution in [0.25, 0.3) is 0 Å². The van der Waals surface area contributed by atoms with Crippen molar-refractivity contribution in [1.29, 1.82) is 0 Å². The number of hydrogen-bond donors (Lipinski definition) is 0. The van der Waals surface area contributed by atoms with Gasteiger partial charge in [0.2, 0.25) is 0 Å². The molecule has 1 aromatic heterocycles. The van der Waals surface area contributed by atoms with Gasteiger partial charge in [0.25, 0.3) is 5.91 Å². The van der Waals surface area contributed by atoms with E-state index in [-0.39, 0.29) is 11.3 Å². The molecular formula is C20H24N2O. The van der Waals surface area contributed by atoms with E-state index in [2.05, 4.69) is 54.9 Å². The Labute approximate surface area is 137 Å². The Morgan fingerprint density at radius 3 is 2.52 bits per heavy atom. The summed E-state index contributed by atoms with van der Waals surface area (Å²) in [6, 6.07) is 15.1. The Bertz CT molecular complexity index is 712. The molecule has 1 saturated heterocycles. The van der Waals surface area contributed by atoms with Crippen molar-refractivity contribution in [3.63, 3.8) is 0 Å². The zero-order valence-corrected chi connectivity index (χ0v) is 13.9. The minimum atomic E-state index is 0.105. The number of rotatable bonds is 3. The van der Waals surface area contributed by atoms with Gasteiger partial charge in [-0.3, -0.25) is 4.79 Å². The van der Waals surface area contributed by atoms with E-state index < -0.39 is 0 Å². The minimum Gasteiger partial charge on any atom is -0.340 e. The lowest BCUT2D eigenvalue weighted by atomic mass is 9.78. The Kier molecular flexibility index (Phi) is 3.33. The lowest BCUT2D eigenvalue weighted by molar-refractivity contribution is 0.0767. The predicted molar refractivity (Wildman–Crippen MR) is 91.6 cm³/mol. The summed E-state index contributed by atoms with van der Waals surface area (Å²) in [4.78, 5) is 15.1. The molecule has 1 atom stereocenters. The molecule has 2 fully saturated rings. The lowest BCUT2D eigenvalue weighted by Crippen LogP contribution is -2.31. The number of likely N-dealkylation sites (tertiary alicyclic amines) is 1. The van der Waals surface area contributed by atoms with Gasteiger partial charge in [0, 0.05) is 31.2 Å². The van der Waals surface area contributed by atoms with Crippen LogP contribution in [0.5, 0.6) is 0 Å². The summed E-state index contributed by atoms with van der Waals surface area (Å²) in [5, 5.41) is 0. The largest absolute Gasteiger partial charge is 0.340 e. The van der Waals surface area contributed by atoms with Gasteiger partial charge in [0.15, 0.2) is 0 Å². The van der Waals surface area contributed by atoms with Crippen LogP contribution in [0.1, 0.15) is 54.7 Å². The van der Waals surface area contributed by atoms with Gasteiger partial charge >= 0.3 is 0 Å². The molecule has 1 amide bonds. The highest BCUT2D eigenvalue weighted by atomic mass is 16.2. The summed E-state index contributed by atoms with van der Waals surface area (Å²) in [7, 11) is 0. The van der Waals surface area contributed by atoms with Gasteiger partial charge in [-0.2, -0.15) is 0 Å². The zero-order valence-electron chi connectivity index (χ0n) is 13.9. The molecule has 4 rings (SSSR count). The van der Waals surface area contributed by atoms with Crippen molar-refractivity contribution in [1.82, 2.24) is 9.47 Å². The first kappa shape index (κ1) is 14.6. The number of carbonyl (C=O) groups excluding carboxylic acids is 1. The number of amides is 1. The van der Waals surface area contributed by atoms with Crippen molar-refractivity contribution >= 4 is 5.91 Å². The number of nitrogens with zero attached hydrogens (tertiary/aromatic N) is 2. The standard InChI is InChI=1S/C20H24N2O/c1-20(2)14-21(13-17(20)15-7-4-3-5-8-15)19(23)18-9-6-12-22(18)16-10-11-16/h3-9,12,16-17H,10-11,13-14H2,1-2H3/t17-/m1/s1. The predicted octanol–water partition coefficient (Wildman–Crippen LogP) is 4.09. The fraction of sp³-hybridized carbons (Fsp3) is 0.450. The normalized spacial score (nSPS) is 23.2. The fourth-order valence-corrected chi connectivity index (χ4v) is 3.94. The monoisotopic (exact) mass is 308 g/mol. The Morgan fingerprint density at radius 1 is 1.09 bits per heavy atom. The van der Waals surface area contributed by atoms with E-state index in [1.807, 2.05) is 17.0 Å². The molecule has 3 heteroatoms. The Balaban J connectivity index is 1.59. The molecular weight excluding hydrogens is 284 g/mol. The summed E-state index contributed by atoms with van der Waals surface area (Å²) in [5.74, 6) is 0.588. The van der Waals surface area contributed by atoms with Crippen LogP contribution in [0.3, 0.4) is 0 Å². The summed E-state index contributed by atoms with van der Waals surface area (Å²) in [6.07, 6.45) is 4.46. The smallest absolute Gasteiger partial charge is 0.270 e. The first-order valence-corrected chi connectivity index (χ1v) is 8.57. The summed E-state index contributed by atoms with van der Waals surface area (Å²) in [5.41, 5.74) is 2.30. The van der Waals surface area contributed by atoms with E-state index in [0.29, 0.717) is 12.0 Å². The molecule has 0 radical (unpaired) electrons. The van der Waals surface area contributed by atoms with Crippen LogP contribution in [0, 0.1) is 5.41 Å². The van der Waals surface area contributed by atoms with Gasteiger partial charge < -0.3 is 9.47 Å². The quantitative estimate of drug-likeness (QED) is 0.838. The average molecular weight is 308 g/mol. The molecule has 2 aliphatic rings. The SMILES string of the molecule is CC1(C)CN(C(=O)c2cccn2C2CC2)C[C@@H]1c1ccccc1. The maximum absolute atomic E-state index is 13.0. The molecule has 23 heavy (non-hydrogen) atoms. The van der Waals surface area contributed by atoms with Crippen molar-refractivity contribution in [2.45, 2.75) is 38.6 Å². The molecule has 0 unspecified atom stereocenters. The number of aromatic nitrogens is 1. The molecule has 1 saturated carbocycles. The van der Waals surface area contributed by atoms with Crippen molar-refractivity contribution in [2.75, 3.05) is 13.1 Å². The highest BCUT2D eigenvalue weighted by Gasteiger charge is 2.42. The van der Waals surface area contributed by atoms with Gasteiger partial charge in [0.1, 0.15) is 5.69 Å². The number of hydrogen-bond acceptors (Lipinski definition) is 1. The van der Waals surface area contributed by atoms with Gasteiger partial charge in [0.05, 0.1) is 0 Å². The van der Waals surface area contributed by atoms with Crippen LogP contribution in [-0.4, -0.2) is 28.5 Å². The van der Waals surface area contributed by atoms with Crippen LogP contribution >= 0.6 is 0 Å². The summed E-state index contributed by atoms with van der Waals surface area (Å²) < 4.78 is 2.17. The van der Waals surface area contributed by atoms with Gasteiger partial charge in [-0.15, -0.1) is 0 Å². The van der Waals surface area contributed by atoms with Crippen molar-refractivity contribution in [2.24, 2.45) is 5.41 Å². The fourth-order valence-electron chi connectivity index (χ4n) is 3.94. The third-order valence-corrected chi connectivity index (χ3v) is 5.37. The second kappa shape index (κ2) is 5.26. The van der Waals surface area contributed by atoms with E-state index in [1.165, 1.54) is 18.4 Å². The molecule has 0 spiro atoms. The number of benzene rings is 1. The van der Waals surface area contributed by atoms with Crippen LogP contribution in [-0.2, 0) is 0 Å². The molecule has 120 valence electrons. The third kappa shape index (κ3) is 2.58. The molecule has 2 aromatic rings. The van der Waals surface area contributed by atoms with Gasteiger partial charge in [-0.05, 0) is 36.0 Å². The van der Waals surface area contributed by atoms with Crippen LogP contribution < -0.4 is 0 Å². The maximum atomic E-state index is 13.0. The first-order valence-electron chi connectivity index (χ1n) is 8.57. The molecule has 1 aromatic carbocycles. The minimum absolute atomic E-state index is 0.105. The van der Waals surface area contributed by atoms with Gasteiger partial charge in [-0.1, -0.05) is 44.2 Å². The molecule has 2 heterocycles. The summed E-state index contributed by atoms with van der Waals surface area (Å²) >= 11 is 0. The van der Waals surface area contributed by atoms with Crippen LogP contribution in [0.4, 0.5) is 0 Å². The van der Waals surface area contributed by atoms with E-state index in [9.17, 15) is 4.79 Å². The highest BCUT2D eigenvalue weighted by molar-refractivity contribution is 5.93. The van der Waals surface area contributed by atoms with E-state index >= 15 is 0 Å². The topological polar surface area (TPSA) is 25.2 Å². The van der Waals surface area contributed by atoms with Crippen molar-refractivity contribution in [3.05, 3.63) is 59.9 Å². The Hall–Kier alpha value is -2.03.